The summed E-state index contributed by atoms with van der Waals surface area (Å²) in [6.07, 6.45) is 0. The van der Waals surface area contributed by atoms with Crippen LogP contribution in [0.3, 0.4) is 0 Å². The normalized spacial score (nSPS) is 34.2. The molecule has 0 radical (unpaired) electrons. The van der Waals surface area contributed by atoms with Gasteiger partial charge in [-0.15, -0.1) is 0 Å². The lowest BCUT2D eigenvalue weighted by molar-refractivity contribution is 0.526. The number of halogens is 1. The van der Waals surface area contributed by atoms with Crippen molar-refractivity contribution in [1.82, 2.24) is 0 Å². The Balaban J connectivity index is 2.38. The third-order valence-corrected chi connectivity index (χ3v) is 4.63. The summed E-state index contributed by atoms with van der Waals surface area (Å²) in [7, 11) is 0. The highest BCUT2D eigenvalue weighted by atomic mass is 79.9. The Morgan fingerprint density at radius 2 is 1.57 bits per heavy atom. The molecule has 1 aromatic carbocycles. The summed E-state index contributed by atoms with van der Waals surface area (Å²) in [5.74, 6) is 0. The second kappa shape index (κ2) is 2.83. The zero-order valence-electron chi connectivity index (χ0n) is 8.84. The van der Waals surface area contributed by atoms with Crippen LogP contribution in [0.15, 0.2) is 28.7 Å². The summed E-state index contributed by atoms with van der Waals surface area (Å²) in [5, 5.41) is 0. The van der Waals surface area contributed by atoms with Crippen LogP contribution >= 0.6 is 15.9 Å². The van der Waals surface area contributed by atoms with E-state index < -0.39 is 0 Å². The van der Waals surface area contributed by atoms with Crippen molar-refractivity contribution in [2.24, 2.45) is 11.1 Å². The Morgan fingerprint density at radius 3 is 1.93 bits per heavy atom. The molecule has 1 nitrogen and oxygen atoms in total. The highest BCUT2D eigenvalue weighted by Gasteiger charge is 2.66. The smallest absolute Gasteiger partial charge is 0.0200 e. The van der Waals surface area contributed by atoms with Gasteiger partial charge < -0.3 is 5.73 Å². The molecule has 1 fully saturated rings. The maximum atomic E-state index is 6.14. The van der Waals surface area contributed by atoms with Crippen molar-refractivity contribution in [2.45, 2.75) is 32.2 Å². The molecule has 0 aliphatic heterocycles. The summed E-state index contributed by atoms with van der Waals surface area (Å²) < 4.78 is 1.12. The minimum atomic E-state index is 0.147. The predicted octanol–water partition coefficient (Wildman–Crippen LogP) is 3.07. The Morgan fingerprint density at radius 1 is 1.14 bits per heavy atom. The van der Waals surface area contributed by atoms with E-state index in [1.54, 1.807) is 0 Å². The quantitative estimate of drug-likeness (QED) is 0.818. The third kappa shape index (κ3) is 1.10. The van der Waals surface area contributed by atoms with Gasteiger partial charge in [0.1, 0.15) is 0 Å². The fourth-order valence-corrected chi connectivity index (χ4v) is 2.64. The van der Waals surface area contributed by atoms with Crippen LogP contribution in [0.4, 0.5) is 0 Å². The van der Waals surface area contributed by atoms with Gasteiger partial charge in [0, 0.05) is 15.9 Å². The molecule has 2 N–H and O–H groups in total. The monoisotopic (exact) mass is 253 g/mol. The summed E-state index contributed by atoms with van der Waals surface area (Å²) in [5.41, 5.74) is 7.85. The van der Waals surface area contributed by atoms with E-state index >= 15 is 0 Å². The lowest BCUT2D eigenvalue weighted by Gasteiger charge is -2.14. The lowest BCUT2D eigenvalue weighted by Crippen LogP contribution is -2.14. The van der Waals surface area contributed by atoms with Crippen LogP contribution in [0, 0.1) is 5.41 Å². The number of rotatable bonds is 1. The van der Waals surface area contributed by atoms with Crippen molar-refractivity contribution in [3.05, 3.63) is 34.3 Å². The highest BCUT2D eigenvalue weighted by Crippen LogP contribution is 2.62. The number of hydrogen-bond acceptors (Lipinski definition) is 1. The first-order chi connectivity index (χ1) is 6.40. The summed E-state index contributed by atoms with van der Waals surface area (Å²) in [4.78, 5) is 0. The molecule has 2 rings (SSSR count). The summed E-state index contributed by atoms with van der Waals surface area (Å²) >= 11 is 3.44. The van der Waals surface area contributed by atoms with Crippen LogP contribution in [0.2, 0.25) is 0 Å². The molecule has 76 valence electrons. The second-order valence-electron chi connectivity index (χ2n) is 4.91. The fourth-order valence-electron chi connectivity index (χ4n) is 2.37. The first kappa shape index (κ1) is 10.2. The van der Waals surface area contributed by atoms with Crippen molar-refractivity contribution in [1.29, 1.82) is 0 Å². The van der Waals surface area contributed by atoms with Crippen molar-refractivity contribution in [3.8, 4) is 0 Å². The Hall–Kier alpha value is -0.340. The van der Waals surface area contributed by atoms with E-state index in [0.29, 0.717) is 0 Å². The average Bonchev–Trinajstić information content (AvgIpc) is 2.52. The molecule has 0 spiro atoms. The highest BCUT2D eigenvalue weighted by molar-refractivity contribution is 9.10. The van der Waals surface area contributed by atoms with E-state index in [2.05, 4.69) is 61.0 Å². The molecule has 0 saturated heterocycles. The van der Waals surface area contributed by atoms with Gasteiger partial charge in [-0.2, -0.15) is 0 Å². The number of benzene rings is 1. The predicted molar refractivity (Wildman–Crippen MR) is 63.3 cm³/mol. The minimum Gasteiger partial charge on any atom is -0.326 e. The van der Waals surface area contributed by atoms with Crippen LogP contribution in [0.5, 0.6) is 0 Å². The standard InChI is InChI=1S/C12H16BrN/c1-11(2)10(14)12(11,3)8-4-6-9(13)7-5-8/h4-7,10H,14H2,1-3H3. The number of nitrogens with two attached hydrogens (primary N) is 1. The Bertz CT molecular complexity index is 355. The van der Waals surface area contributed by atoms with Crippen LogP contribution < -0.4 is 5.73 Å². The summed E-state index contributed by atoms with van der Waals surface area (Å²) in [6.45, 7) is 6.72. The van der Waals surface area contributed by atoms with Gasteiger partial charge in [0.25, 0.3) is 0 Å². The van der Waals surface area contributed by atoms with Crippen LogP contribution in [0.25, 0.3) is 0 Å². The maximum Gasteiger partial charge on any atom is 0.0200 e. The largest absolute Gasteiger partial charge is 0.326 e. The molecule has 1 aliphatic rings. The van der Waals surface area contributed by atoms with E-state index in [9.17, 15) is 0 Å². The molecule has 2 atom stereocenters. The summed E-state index contributed by atoms with van der Waals surface area (Å²) in [6, 6.07) is 8.78. The molecule has 1 aliphatic carbocycles. The molecular weight excluding hydrogens is 238 g/mol. The van der Waals surface area contributed by atoms with Gasteiger partial charge in [-0.25, -0.2) is 0 Å². The van der Waals surface area contributed by atoms with Gasteiger partial charge in [0.2, 0.25) is 0 Å². The minimum absolute atomic E-state index is 0.147. The fraction of sp³-hybridized carbons (Fsp3) is 0.500. The van der Waals surface area contributed by atoms with E-state index in [4.69, 9.17) is 5.73 Å². The zero-order chi connectivity index (χ0) is 10.6. The molecule has 0 heterocycles. The van der Waals surface area contributed by atoms with Crippen molar-refractivity contribution in [2.75, 3.05) is 0 Å². The molecule has 0 amide bonds. The zero-order valence-corrected chi connectivity index (χ0v) is 10.4. The average molecular weight is 254 g/mol. The molecular formula is C12H16BrN. The molecule has 1 aromatic rings. The molecule has 2 heteroatoms. The lowest BCUT2D eigenvalue weighted by atomic mass is 9.90. The molecule has 0 bridgehead atoms. The first-order valence-electron chi connectivity index (χ1n) is 4.92. The van der Waals surface area contributed by atoms with E-state index in [-0.39, 0.29) is 16.9 Å². The van der Waals surface area contributed by atoms with Gasteiger partial charge in [0.05, 0.1) is 0 Å². The first-order valence-corrected chi connectivity index (χ1v) is 5.71. The van der Waals surface area contributed by atoms with Crippen LogP contribution in [0.1, 0.15) is 26.3 Å². The van der Waals surface area contributed by atoms with Gasteiger partial charge >= 0.3 is 0 Å². The molecule has 0 aromatic heterocycles. The second-order valence-corrected chi connectivity index (χ2v) is 5.82. The van der Waals surface area contributed by atoms with Gasteiger partial charge in [0.15, 0.2) is 0 Å². The Labute approximate surface area is 93.8 Å². The molecule has 2 unspecified atom stereocenters. The van der Waals surface area contributed by atoms with Crippen LogP contribution in [-0.4, -0.2) is 6.04 Å². The number of hydrogen-bond donors (Lipinski definition) is 1. The van der Waals surface area contributed by atoms with Crippen LogP contribution in [-0.2, 0) is 5.41 Å². The van der Waals surface area contributed by atoms with E-state index in [0.717, 1.165) is 4.47 Å². The van der Waals surface area contributed by atoms with Crippen molar-refractivity contribution in [3.63, 3.8) is 0 Å². The van der Waals surface area contributed by atoms with Crippen molar-refractivity contribution >= 4 is 15.9 Å². The SMILES string of the molecule is CC1(C)C(N)C1(C)c1ccc(Br)cc1. The van der Waals surface area contributed by atoms with E-state index in [1.165, 1.54) is 5.56 Å². The van der Waals surface area contributed by atoms with Gasteiger partial charge in [-0.3, -0.25) is 0 Å². The van der Waals surface area contributed by atoms with Crippen molar-refractivity contribution < 1.29 is 0 Å². The Kier molecular flexibility index (Phi) is 2.06. The topological polar surface area (TPSA) is 26.0 Å². The maximum absolute atomic E-state index is 6.14. The van der Waals surface area contributed by atoms with E-state index in [1.807, 2.05) is 0 Å². The molecule has 1 saturated carbocycles. The third-order valence-electron chi connectivity index (χ3n) is 4.10. The van der Waals surface area contributed by atoms with Gasteiger partial charge in [-0.05, 0) is 23.1 Å². The molecule has 14 heavy (non-hydrogen) atoms. The van der Waals surface area contributed by atoms with Gasteiger partial charge in [-0.1, -0.05) is 48.8 Å².